The summed E-state index contributed by atoms with van der Waals surface area (Å²) >= 11 is 0. The van der Waals surface area contributed by atoms with Gasteiger partial charge >= 0.3 is 0 Å². The maximum absolute atomic E-state index is 10.5. The van der Waals surface area contributed by atoms with Crippen LogP contribution in [0.2, 0.25) is 0 Å². The van der Waals surface area contributed by atoms with Crippen LogP contribution in [-0.4, -0.2) is 30.4 Å². The van der Waals surface area contributed by atoms with Crippen LogP contribution in [0.25, 0.3) is 0 Å². The predicted molar refractivity (Wildman–Crippen MR) is 56.3 cm³/mol. The zero-order valence-electron chi connectivity index (χ0n) is 8.88. The Morgan fingerprint density at radius 3 is 2.81 bits per heavy atom. The van der Waals surface area contributed by atoms with Crippen molar-refractivity contribution in [2.75, 3.05) is 20.3 Å². The Hall–Kier alpha value is -1.66. The van der Waals surface area contributed by atoms with Crippen LogP contribution in [0, 0.1) is 10.1 Å². The molecule has 0 aliphatic carbocycles. The molecule has 0 aliphatic heterocycles. The first-order valence-corrected chi connectivity index (χ1v) is 4.68. The lowest BCUT2D eigenvalue weighted by Crippen LogP contribution is -2.02. The first-order chi connectivity index (χ1) is 7.65. The topological polar surface area (TPSA) is 81.8 Å². The number of phenols is 1. The fraction of sp³-hybridized carbons (Fsp3) is 0.400. The third kappa shape index (κ3) is 3.48. The molecule has 16 heavy (non-hydrogen) atoms. The van der Waals surface area contributed by atoms with Gasteiger partial charge < -0.3 is 14.6 Å². The van der Waals surface area contributed by atoms with Gasteiger partial charge in [0.25, 0.3) is 5.69 Å². The van der Waals surface area contributed by atoms with E-state index in [9.17, 15) is 15.2 Å². The minimum atomic E-state index is -0.516. The number of phenolic OH excluding ortho intramolecular Hbond substituents is 1. The van der Waals surface area contributed by atoms with Crippen molar-refractivity contribution in [1.29, 1.82) is 0 Å². The van der Waals surface area contributed by atoms with E-state index in [1.165, 1.54) is 18.2 Å². The van der Waals surface area contributed by atoms with Crippen molar-refractivity contribution in [3.63, 3.8) is 0 Å². The largest absolute Gasteiger partial charge is 0.508 e. The van der Waals surface area contributed by atoms with Gasteiger partial charge in [-0.1, -0.05) is 0 Å². The number of non-ortho nitro benzene ring substituents is 1. The smallest absolute Gasteiger partial charge is 0.270 e. The van der Waals surface area contributed by atoms with E-state index in [1.54, 1.807) is 7.11 Å². The lowest BCUT2D eigenvalue weighted by atomic mass is 10.2. The highest BCUT2D eigenvalue weighted by Crippen LogP contribution is 2.23. The van der Waals surface area contributed by atoms with Gasteiger partial charge in [0.15, 0.2) is 0 Å². The molecule has 0 aliphatic rings. The summed E-state index contributed by atoms with van der Waals surface area (Å²) in [5, 5.41) is 19.9. The fourth-order valence-corrected chi connectivity index (χ4v) is 1.13. The van der Waals surface area contributed by atoms with Crippen LogP contribution in [0.15, 0.2) is 18.2 Å². The third-order valence-corrected chi connectivity index (χ3v) is 1.96. The predicted octanol–water partition coefficient (Wildman–Crippen LogP) is 1.46. The van der Waals surface area contributed by atoms with Crippen molar-refractivity contribution >= 4 is 5.69 Å². The summed E-state index contributed by atoms with van der Waals surface area (Å²) in [7, 11) is 1.55. The molecular weight excluding hydrogens is 214 g/mol. The molecule has 1 aromatic rings. The monoisotopic (exact) mass is 227 g/mol. The number of hydrogen-bond acceptors (Lipinski definition) is 5. The second-order valence-corrected chi connectivity index (χ2v) is 3.12. The highest BCUT2D eigenvalue weighted by molar-refractivity contribution is 5.42. The van der Waals surface area contributed by atoms with Crippen LogP contribution in [0.1, 0.15) is 5.56 Å². The standard InChI is InChI=1S/C10H13NO5/c1-15-4-5-16-7-8-6-9(11(13)14)2-3-10(8)12/h2-3,6,12H,4-5,7H2,1H3. The van der Waals surface area contributed by atoms with Gasteiger partial charge in [-0.2, -0.15) is 0 Å². The molecule has 1 N–H and O–H groups in total. The summed E-state index contributed by atoms with van der Waals surface area (Å²) in [5.41, 5.74) is 0.327. The highest BCUT2D eigenvalue weighted by Gasteiger charge is 2.09. The molecule has 0 fully saturated rings. The molecule has 0 aromatic heterocycles. The number of methoxy groups -OCH3 is 1. The van der Waals surface area contributed by atoms with E-state index in [4.69, 9.17) is 9.47 Å². The Labute approximate surface area is 92.6 Å². The Morgan fingerprint density at radius 2 is 2.19 bits per heavy atom. The van der Waals surface area contributed by atoms with Crippen LogP contribution in [0.3, 0.4) is 0 Å². The molecule has 88 valence electrons. The molecule has 6 nitrogen and oxygen atoms in total. The molecule has 0 unspecified atom stereocenters. The first-order valence-electron chi connectivity index (χ1n) is 4.68. The van der Waals surface area contributed by atoms with Crippen LogP contribution in [0.4, 0.5) is 5.69 Å². The van der Waals surface area contributed by atoms with E-state index in [0.29, 0.717) is 18.8 Å². The van der Waals surface area contributed by atoms with Crippen LogP contribution >= 0.6 is 0 Å². The van der Waals surface area contributed by atoms with Crippen LogP contribution in [-0.2, 0) is 16.1 Å². The van der Waals surface area contributed by atoms with Gasteiger partial charge in [0.05, 0.1) is 24.7 Å². The van der Waals surface area contributed by atoms with Gasteiger partial charge in [-0.05, 0) is 6.07 Å². The van der Waals surface area contributed by atoms with Gasteiger partial charge in [-0.25, -0.2) is 0 Å². The van der Waals surface area contributed by atoms with Gasteiger partial charge in [0, 0.05) is 24.8 Å². The Bertz CT molecular complexity index is 366. The number of benzene rings is 1. The van der Waals surface area contributed by atoms with Crippen molar-refractivity contribution < 1.29 is 19.5 Å². The summed E-state index contributed by atoms with van der Waals surface area (Å²) in [6.45, 7) is 0.936. The summed E-state index contributed by atoms with van der Waals surface area (Å²) in [4.78, 5) is 9.99. The van der Waals surface area contributed by atoms with Crippen molar-refractivity contribution in [3.05, 3.63) is 33.9 Å². The SMILES string of the molecule is COCCOCc1cc([N+](=O)[O-])ccc1O. The molecule has 0 heterocycles. The lowest BCUT2D eigenvalue weighted by molar-refractivity contribution is -0.385. The normalized spacial score (nSPS) is 10.3. The van der Waals surface area contributed by atoms with E-state index >= 15 is 0 Å². The Kier molecular flexibility index (Phi) is 4.68. The molecule has 0 radical (unpaired) electrons. The number of nitro groups is 1. The second-order valence-electron chi connectivity index (χ2n) is 3.12. The average molecular weight is 227 g/mol. The highest BCUT2D eigenvalue weighted by atomic mass is 16.6. The fourth-order valence-electron chi connectivity index (χ4n) is 1.13. The Balaban J connectivity index is 2.63. The van der Waals surface area contributed by atoms with Crippen LogP contribution in [0.5, 0.6) is 5.75 Å². The van der Waals surface area contributed by atoms with Gasteiger partial charge in [-0.15, -0.1) is 0 Å². The maximum atomic E-state index is 10.5. The van der Waals surface area contributed by atoms with Gasteiger partial charge in [-0.3, -0.25) is 10.1 Å². The minimum absolute atomic E-state index is 0.0111. The third-order valence-electron chi connectivity index (χ3n) is 1.96. The Morgan fingerprint density at radius 1 is 1.44 bits per heavy atom. The molecular formula is C10H13NO5. The van der Waals surface area contributed by atoms with E-state index in [-0.39, 0.29) is 18.0 Å². The number of nitrogens with zero attached hydrogens (tertiary/aromatic N) is 1. The van der Waals surface area contributed by atoms with Crippen molar-refractivity contribution in [1.82, 2.24) is 0 Å². The van der Waals surface area contributed by atoms with E-state index < -0.39 is 4.92 Å². The average Bonchev–Trinajstić information content (AvgIpc) is 2.26. The molecule has 0 spiro atoms. The van der Waals surface area contributed by atoms with E-state index in [1.807, 2.05) is 0 Å². The summed E-state index contributed by atoms with van der Waals surface area (Å²) in [6.07, 6.45) is 0. The minimum Gasteiger partial charge on any atom is -0.508 e. The lowest BCUT2D eigenvalue weighted by Gasteiger charge is -2.05. The number of nitro benzene ring substituents is 1. The molecule has 1 aromatic carbocycles. The number of ether oxygens (including phenoxy) is 2. The van der Waals surface area contributed by atoms with Crippen LogP contribution < -0.4 is 0 Å². The maximum Gasteiger partial charge on any atom is 0.270 e. The first kappa shape index (κ1) is 12.4. The van der Waals surface area contributed by atoms with Crippen molar-refractivity contribution in [3.8, 4) is 5.75 Å². The van der Waals surface area contributed by atoms with Crippen molar-refractivity contribution in [2.45, 2.75) is 6.61 Å². The molecule has 0 bridgehead atoms. The number of hydrogen-bond donors (Lipinski definition) is 1. The van der Waals surface area contributed by atoms with Gasteiger partial charge in [0.2, 0.25) is 0 Å². The summed E-state index contributed by atoms with van der Waals surface area (Å²) < 4.78 is 9.94. The molecule has 0 atom stereocenters. The quantitative estimate of drug-likeness (QED) is 0.452. The zero-order chi connectivity index (χ0) is 12.0. The molecule has 1 rings (SSSR count). The number of rotatable bonds is 6. The zero-order valence-corrected chi connectivity index (χ0v) is 8.88. The number of aromatic hydroxyl groups is 1. The second kappa shape index (κ2) is 6.04. The van der Waals surface area contributed by atoms with E-state index in [0.717, 1.165) is 0 Å². The molecule has 0 saturated heterocycles. The molecule has 6 heteroatoms. The van der Waals surface area contributed by atoms with E-state index in [2.05, 4.69) is 0 Å². The van der Waals surface area contributed by atoms with Gasteiger partial charge in [0.1, 0.15) is 5.75 Å². The summed E-state index contributed by atoms with van der Waals surface area (Å²) in [6, 6.07) is 3.82. The van der Waals surface area contributed by atoms with Crippen molar-refractivity contribution in [2.24, 2.45) is 0 Å². The molecule has 0 saturated carbocycles. The molecule has 0 amide bonds. The summed E-state index contributed by atoms with van der Waals surface area (Å²) in [5.74, 6) is -0.0111.